The highest BCUT2D eigenvalue weighted by Crippen LogP contribution is 2.42. The summed E-state index contributed by atoms with van der Waals surface area (Å²) in [7, 11) is 0. The summed E-state index contributed by atoms with van der Waals surface area (Å²) in [5.41, 5.74) is 2.15. The van der Waals surface area contributed by atoms with Crippen LogP contribution in [0.4, 0.5) is 5.69 Å². The van der Waals surface area contributed by atoms with Gasteiger partial charge in [0.05, 0.1) is 12.2 Å². The van der Waals surface area contributed by atoms with Crippen molar-refractivity contribution >= 4 is 45.9 Å². The van der Waals surface area contributed by atoms with Crippen LogP contribution in [0.15, 0.2) is 63.8 Å². The molecule has 0 radical (unpaired) electrons. The minimum atomic E-state index is -1.14. The first-order valence-corrected chi connectivity index (χ1v) is 14.1. The SMILES string of the molecule is CCOCCC(=O)NCCCCCNC(=S)Nc1ccc(-c2c3ccc(=O)cc-3oc3cc(O)ccc23)c(C(=O)O)c1. The molecule has 42 heavy (non-hydrogen) atoms. The summed E-state index contributed by atoms with van der Waals surface area (Å²) in [6.45, 7) is 4.15. The zero-order valence-electron chi connectivity index (χ0n) is 23.2. The lowest BCUT2D eigenvalue weighted by Crippen LogP contribution is -2.29. The van der Waals surface area contributed by atoms with Crippen LogP contribution in [-0.4, -0.2) is 53.5 Å². The molecule has 2 aromatic rings. The van der Waals surface area contributed by atoms with Gasteiger partial charge < -0.3 is 35.3 Å². The number of amides is 1. The number of aromatic carboxylic acids is 1. The zero-order chi connectivity index (χ0) is 30.1. The molecular formula is C31H33N3O7S. The molecule has 0 atom stereocenters. The fourth-order valence-corrected chi connectivity index (χ4v) is 4.82. The number of carboxylic acid groups (broad SMARTS) is 1. The first kappa shape index (κ1) is 30.5. The van der Waals surface area contributed by atoms with Crippen LogP contribution in [0.2, 0.25) is 0 Å². The summed E-state index contributed by atoms with van der Waals surface area (Å²) in [5, 5.41) is 30.1. The molecule has 0 saturated heterocycles. The molecule has 2 aliphatic rings. The maximum Gasteiger partial charge on any atom is 0.336 e. The van der Waals surface area contributed by atoms with Gasteiger partial charge in [-0.25, -0.2) is 4.79 Å². The fraction of sp³-hybridized carbons (Fsp3) is 0.290. The molecule has 0 spiro atoms. The molecule has 5 N–H and O–H groups in total. The molecule has 0 unspecified atom stereocenters. The second kappa shape index (κ2) is 14.4. The van der Waals surface area contributed by atoms with Crippen LogP contribution in [0.3, 0.4) is 0 Å². The Morgan fingerprint density at radius 1 is 0.952 bits per heavy atom. The number of ether oxygens (including phenoxy) is 1. The molecule has 11 heteroatoms. The van der Waals surface area contributed by atoms with E-state index in [0.29, 0.717) is 71.2 Å². The minimum Gasteiger partial charge on any atom is -0.508 e. The van der Waals surface area contributed by atoms with Gasteiger partial charge in [-0.1, -0.05) is 6.07 Å². The van der Waals surface area contributed by atoms with Crippen molar-refractivity contribution in [3.8, 4) is 28.2 Å². The molecule has 10 nitrogen and oxygen atoms in total. The van der Waals surface area contributed by atoms with Crippen LogP contribution in [0, 0.1) is 0 Å². The number of hydrogen-bond donors (Lipinski definition) is 5. The van der Waals surface area contributed by atoms with Gasteiger partial charge in [0.15, 0.2) is 10.5 Å². The quantitative estimate of drug-likeness (QED) is 0.0819. The number of thiocarbonyl (C=S) groups is 1. The summed E-state index contributed by atoms with van der Waals surface area (Å²) in [6.07, 6.45) is 2.95. The van der Waals surface area contributed by atoms with E-state index in [2.05, 4.69) is 16.0 Å². The largest absolute Gasteiger partial charge is 0.508 e. The van der Waals surface area contributed by atoms with E-state index in [-0.39, 0.29) is 28.4 Å². The highest BCUT2D eigenvalue weighted by molar-refractivity contribution is 7.80. The van der Waals surface area contributed by atoms with Gasteiger partial charge in [0.2, 0.25) is 5.91 Å². The standard InChI is InChI=1S/C31H33N3O7S/c1-2-40-15-12-28(37)32-13-4-3-5-14-33-31(42)34-19-6-9-22(25(16-19)30(38)39)29-23-10-7-20(35)17-26(23)41-27-18-21(36)8-11-24(27)29/h6-11,16-18,35H,2-5,12-15H2,1H3,(H,32,37)(H,38,39)(H2,33,34,42). The monoisotopic (exact) mass is 591 g/mol. The van der Waals surface area contributed by atoms with E-state index in [1.54, 1.807) is 24.3 Å². The van der Waals surface area contributed by atoms with Gasteiger partial charge in [-0.05, 0) is 80.4 Å². The highest BCUT2D eigenvalue weighted by Gasteiger charge is 2.22. The summed E-state index contributed by atoms with van der Waals surface area (Å²) >= 11 is 5.40. The first-order chi connectivity index (χ1) is 20.3. The number of carbonyl (C=O) groups is 2. The molecule has 0 bridgehead atoms. The molecule has 220 valence electrons. The van der Waals surface area contributed by atoms with E-state index in [1.807, 2.05) is 6.92 Å². The number of unbranched alkanes of at least 4 members (excludes halogenated alkanes) is 2. The van der Waals surface area contributed by atoms with E-state index in [4.69, 9.17) is 21.4 Å². The predicted molar refractivity (Wildman–Crippen MR) is 165 cm³/mol. The number of fused-ring (bicyclic) bond motifs is 2. The van der Waals surface area contributed by atoms with Crippen molar-refractivity contribution in [3.05, 3.63) is 70.4 Å². The van der Waals surface area contributed by atoms with Gasteiger partial charge in [0.25, 0.3) is 0 Å². The Bertz CT molecular complexity index is 1620. The third-order valence-electron chi connectivity index (χ3n) is 6.59. The summed E-state index contributed by atoms with van der Waals surface area (Å²) in [6, 6.07) is 13.8. The van der Waals surface area contributed by atoms with Gasteiger partial charge >= 0.3 is 5.97 Å². The molecule has 1 heterocycles. The van der Waals surface area contributed by atoms with Crippen molar-refractivity contribution in [2.45, 2.75) is 32.6 Å². The van der Waals surface area contributed by atoms with E-state index >= 15 is 0 Å². The van der Waals surface area contributed by atoms with Gasteiger partial charge in [-0.15, -0.1) is 0 Å². The third-order valence-corrected chi connectivity index (χ3v) is 6.84. The lowest BCUT2D eigenvalue weighted by molar-refractivity contribution is -0.122. The van der Waals surface area contributed by atoms with Crippen molar-refractivity contribution in [2.24, 2.45) is 0 Å². The minimum absolute atomic E-state index is 0.0155. The Balaban J connectivity index is 1.42. The summed E-state index contributed by atoms with van der Waals surface area (Å²) in [4.78, 5) is 36.1. The molecule has 0 saturated carbocycles. The Labute approximate surface area is 248 Å². The third kappa shape index (κ3) is 7.83. The molecule has 0 fully saturated rings. The molecular weight excluding hydrogens is 558 g/mol. The molecule has 0 aromatic heterocycles. The molecule has 1 amide bonds. The zero-order valence-corrected chi connectivity index (χ0v) is 24.0. The molecule has 1 aliphatic carbocycles. The molecule has 2 aromatic carbocycles. The predicted octanol–water partition coefficient (Wildman–Crippen LogP) is 4.97. The number of carbonyl (C=O) groups excluding carboxylic acids is 1. The number of carboxylic acids is 1. The van der Waals surface area contributed by atoms with Crippen molar-refractivity contribution in [2.75, 3.05) is 31.6 Å². The lowest BCUT2D eigenvalue weighted by Gasteiger charge is -2.18. The Morgan fingerprint density at radius 2 is 1.71 bits per heavy atom. The summed E-state index contributed by atoms with van der Waals surface area (Å²) in [5.74, 6) is -0.894. The van der Waals surface area contributed by atoms with Crippen LogP contribution in [0.5, 0.6) is 5.75 Å². The van der Waals surface area contributed by atoms with Crippen molar-refractivity contribution in [1.82, 2.24) is 10.6 Å². The van der Waals surface area contributed by atoms with Crippen molar-refractivity contribution < 1.29 is 29.0 Å². The average Bonchev–Trinajstić information content (AvgIpc) is 2.95. The number of benzene rings is 3. The number of nitrogens with one attached hydrogen (secondary N) is 3. The number of hydrogen-bond acceptors (Lipinski definition) is 7. The van der Waals surface area contributed by atoms with Gasteiger partial charge in [0.1, 0.15) is 17.1 Å². The van der Waals surface area contributed by atoms with E-state index in [9.17, 15) is 24.6 Å². The maximum atomic E-state index is 12.4. The first-order valence-electron chi connectivity index (χ1n) is 13.7. The number of phenolic OH excluding ortho intramolecular Hbond substituents is 1. The Morgan fingerprint density at radius 3 is 2.48 bits per heavy atom. The van der Waals surface area contributed by atoms with Gasteiger partial charge in [-0.3, -0.25) is 9.59 Å². The van der Waals surface area contributed by atoms with Crippen LogP contribution >= 0.6 is 12.2 Å². The van der Waals surface area contributed by atoms with Crippen LogP contribution in [0.25, 0.3) is 33.4 Å². The summed E-state index contributed by atoms with van der Waals surface area (Å²) < 4.78 is 11.0. The van der Waals surface area contributed by atoms with E-state index in [1.165, 1.54) is 30.3 Å². The fourth-order valence-electron chi connectivity index (χ4n) is 4.60. The van der Waals surface area contributed by atoms with Crippen LogP contribution < -0.4 is 21.4 Å². The van der Waals surface area contributed by atoms with Gasteiger partial charge in [0, 0.05) is 60.5 Å². The topological polar surface area (TPSA) is 150 Å². The Kier molecular flexibility index (Phi) is 10.5. The number of aromatic hydroxyl groups is 1. The molecule has 4 rings (SSSR count). The second-order valence-corrected chi connectivity index (χ2v) is 10.0. The van der Waals surface area contributed by atoms with Crippen molar-refractivity contribution in [1.29, 1.82) is 0 Å². The highest BCUT2D eigenvalue weighted by atomic mass is 32.1. The number of anilines is 1. The molecule has 1 aliphatic heterocycles. The Hall–Kier alpha value is -4.48. The second-order valence-electron chi connectivity index (χ2n) is 9.62. The van der Waals surface area contributed by atoms with Gasteiger partial charge in [-0.2, -0.15) is 0 Å². The lowest BCUT2D eigenvalue weighted by atomic mass is 9.90. The van der Waals surface area contributed by atoms with Crippen LogP contribution in [0.1, 0.15) is 43.0 Å². The maximum absolute atomic E-state index is 12.4. The smallest absolute Gasteiger partial charge is 0.336 e. The van der Waals surface area contributed by atoms with E-state index < -0.39 is 5.97 Å². The van der Waals surface area contributed by atoms with Crippen molar-refractivity contribution in [3.63, 3.8) is 0 Å². The number of rotatable bonds is 13. The number of phenols is 1. The van der Waals surface area contributed by atoms with E-state index in [0.717, 1.165) is 19.3 Å². The van der Waals surface area contributed by atoms with Crippen LogP contribution in [-0.2, 0) is 9.53 Å². The average molecular weight is 592 g/mol. The normalized spacial score (nSPS) is 11.0.